The summed E-state index contributed by atoms with van der Waals surface area (Å²) in [5.74, 6) is -1.58. The number of anilines is 2. The molecule has 2 bridgehead atoms. The molecule has 2 aromatic rings. The van der Waals surface area contributed by atoms with E-state index in [-0.39, 0.29) is 54.5 Å². The number of carbonyl (C=O) groups is 3. The number of amides is 3. The Hall–Kier alpha value is -3.27. The van der Waals surface area contributed by atoms with Crippen molar-refractivity contribution in [2.75, 3.05) is 36.1 Å². The lowest BCUT2D eigenvalue weighted by Crippen LogP contribution is -2.60. The predicted octanol–water partition coefficient (Wildman–Crippen LogP) is 6.14. The van der Waals surface area contributed by atoms with Crippen molar-refractivity contribution < 1.29 is 24.2 Å². The molecule has 252 valence electrons. The summed E-state index contributed by atoms with van der Waals surface area (Å²) in [5.41, 5.74) is 2.08. The van der Waals surface area contributed by atoms with E-state index >= 15 is 4.79 Å². The molecule has 1 N–H and O–H groups in total. The fraction of sp³-hybridized carbons (Fsp3) is 0.486. The van der Waals surface area contributed by atoms with Crippen LogP contribution in [0.3, 0.4) is 0 Å². The van der Waals surface area contributed by atoms with Gasteiger partial charge in [-0.2, -0.15) is 0 Å². The number of aliphatic hydroxyl groups excluding tert-OH is 1. The molecule has 3 saturated heterocycles. The number of fused-ring (bicyclic) bond motifs is 1. The van der Waals surface area contributed by atoms with Crippen LogP contribution in [0.15, 0.2) is 67.8 Å². The Labute approximate surface area is 287 Å². The van der Waals surface area contributed by atoms with Gasteiger partial charge in [0.05, 0.1) is 46.5 Å². The van der Waals surface area contributed by atoms with Gasteiger partial charge in [-0.05, 0) is 68.0 Å². The molecule has 3 amide bonds. The highest BCUT2D eigenvalue weighted by atomic mass is 35.5. The SMILES string of the molecule is C=CCN(C(=O)[C@@H]1[C@H]2C(=O)N([C@@H](CO)C(C)C)C(C(=O)N(CC=C)c3c(C)cccc3Cl)C23S[C@@H]1CC3C)c1ccc(OCC)cc1. The van der Waals surface area contributed by atoms with Gasteiger partial charge in [-0.15, -0.1) is 24.9 Å². The summed E-state index contributed by atoms with van der Waals surface area (Å²) in [6, 6.07) is 11.3. The topological polar surface area (TPSA) is 90.4 Å². The van der Waals surface area contributed by atoms with E-state index in [9.17, 15) is 14.7 Å². The lowest BCUT2D eigenvalue weighted by molar-refractivity contribution is -0.142. The minimum atomic E-state index is -0.920. The number of hydrogen-bond donors (Lipinski definition) is 1. The third-order valence-electron chi connectivity index (χ3n) is 10.1. The lowest BCUT2D eigenvalue weighted by atomic mass is 9.65. The summed E-state index contributed by atoms with van der Waals surface area (Å²) in [6.45, 7) is 18.3. The van der Waals surface area contributed by atoms with Gasteiger partial charge >= 0.3 is 0 Å². The van der Waals surface area contributed by atoms with Crippen molar-refractivity contribution in [2.45, 2.75) is 63.1 Å². The van der Waals surface area contributed by atoms with E-state index in [0.29, 0.717) is 35.2 Å². The second-order valence-corrected chi connectivity index (χ2v) is 15.1. The van der Waals surface area contributed by atoms with Crippen molar-refractivity contribution >= 4 is 52.5 Å². The third-order valence-corrected chi connectivity index (χ3v) is 12.5. The molecule has 2 aromatic carbocycles. The number of halogens is 1. The van der Waals surface area contributed by atoms with Gasteiger partial charge in [-0.25, -0.2) is 0 Å². The Kier molecular flexibility index (Phi) is 10.5. The van der Waals surface area contributed by atoms with Crippen molar-refractivity contribution in [2.24, 2.45) is 23.7 Å². The number of nitrogens with zero attached hydrogens (tertiary/aromatic N) is 3. The smallest absolute Gasteiger partial charge is 0.251 e. The lowest BCUT2D eigenvalue weighted by Gasteiger charge is -2.43. The van der Waals surface area contributed by atoms with Gasteiger partial charge in [0, 0.05) is 24.0 Å². The molecule has 47 heavy (non-hydrogen) atoms. The zero-order valence-electron chi connectivity index (χ0n) is 27.9. The van der Waals surface area contributed by atoms with Gasteiger partial charge < -0.3 is 24.5 Å². The first-order chi connectivity index (χ1) is 22.5. The first-order valence-corrected chi connectivity index (χ1v) is 17.7. The highest BCUT2D eigenvalue weighted by Crippen LogP contribution is 2.69. The van der Waals surface area contributed by atoms with Crippen LogP contribution in [0.2, 0.25) is 5.02 Å². The Morgan fingerprint density at radius 1 is 1.13 bits per heavy atom. The normalized spacial score (nSPS) is 26.7. The van der Waals surface area contributed by atoms with Crippen LogP contribution in [0, 0.1) is 30.6 Å². The summed E-state index contributed by atoms with van der Waals surface area (Å²) < 4.78 is 4.74. The number of aryl methyl sites for hydroxylation is 1. The van der Waals surface area contributed by atoms with Crippen molar-refractivity contribution in [1.82, 2.24) is 4.90 Å². The molecule has 3 aliphatic heterocycles. The average molecular weight is 680 g/mol. The predicted molar refractivity (Wildman–Crippen MR) is 190 cm³/mol. The second-order valence-electron chi connectivity index (χ2n) is 13.1. The van der Waals surface area contributed by atoms with Gasteiger partial charge in [0.1, 0.15) is 11.8 Å². The van der Waals surface area contributed by atoms with E-state index in [1.54, 1.807) is 44.7 Å². The second kappa shape index (κ2) is 14.1. The maximum Gasteiger partial charge on any atom is 0.251 e. The van der Waals surface area contributed by atoms with Crippen LogP contribution in [0.1, 0.15) is 39.7 Å². The van der Waals surface area contributed by atoms with Gasteiger partial charge in [0.2, 0.25) is 11.8 Å². The van der Waals surface area contributed by atoms with Gasteiger partial charge in [0.25, 0.3) is 5.91 Å². The molecule has 1 spiro atoms. The van der Waals surface area contributed by atoms with Crippen LogP contribution >= 0.6 is 23.4 Å². The maximum atomic E-state index is 15.1. The molecule has 5 rings (SSSR count). The van der Waals surface area contributed by atoms with Crippen molar-refractivity contribution in [3.63, 3.8) is 0 Å². The number of para-hydroxylation sites is 1. The Morgan fingerprint density at radius 3 is 2.36 bits per heavy atom. The van der Waals surface area contributed by atoms with E-state index in [2.05, 4.69) is 20.1 Å². The first-order valence-electron chi connectivity index (χ1n) is 16.4. The van der Waals surface area contributed by atoms with E-state index in [0.717, 1.165) is 5.56 Å². The zero-order chi connectivity index (χ0) is 34.2. The number of carbonyl (C=O) groups excluding carboxylic acids is 3. The van der Waals surface area contributed by atoms with Gasteiger partial charge in [-0.3, -0.25) is 14.4 Å². The third kappa shape index (κ3) is 5.78. The summed E-state index contributed by atoms with van der Waals surface area (Å²) in [6.07, 6.45) is 4.02. The number of hydrogen-bond acceptors (Lipinski definition) is 6. The minimum absolute atomic E-state index is 0.0443. The number of ether oxygens (including phenoxy) is 1. The Balaban J connectivity index is 1.63. The van der Waals surface area contributed by atoms with E-state index in [1.165, 1.54) is 0 Å². The van der Waals surface area contributed by atoms with Crippen LogP contribution in [0.4, 0.5) is 11.4 Å². The quantitative estimate of drug-likeness (QED) is 0.256. The maximum absolute atomic E-state index is 15.1. The molecular weight excluding hydrogens is 634 g/mol. The fourth-order valence-corrected chi connectivity index (χ4v) is 10.8. The number of thioether (sulfide) groups is 1. The average Bonchev–Trinajstić information content (AvgIpc) is 3.63. The van der Waals surface area contributed by atoms with E-state index < -0.39 is 28.7 Å². The summed E-state index contributed by atoms with van der Waals surface area (Å²) in [5, 5.41) is 11.0. The van der Waals surface area contributed by atoms with E-state index in [1.807, 2.05) is 64.1 Å². The highest BCUT2D eigenvalue weighted by molar-refractivity contribution is 8.02. The molecular formula is C37H46ClN3O5S. The Bertz CT molecular complexity index is 1510. The first kappa shape index (κ1) is 35.0. The fourth-order valence-electron chi connectivity index (χ4n) is 8.05. The van der Waals surface area contributed by atoms with Crippen molar-refractivity contribution in [3.8, 4) is 5.75 Å². The zero-order valence-corrected chi connectivity index (χ0v) is 29.5. The molecule has 0 saturated carbocycles. The van der Waals surface area contributed by atoms with Crippen LogP contribution in [-0.2, 0) is 14.4 Å². The number of likely N-dealkylation sites (tertiary alicyclic amines) is 1. The summed E-state index contributed by atoms with van der Waals surface area (Å²) >= 11 is 8.34. The highest BCUT2D eigenvalue weighted by Gasteiger charge is 2.77. The van der Waals surface area contributed by atoms with Crippen molar-refractivity contribution in [1.29, 1.82) is 0 Å². The molecule has 10 heteroatoms. The molecule has 8 nitrogen and oxygen atoms in total. The molecule has 7 atom stereocenters. The molecule has 3 fully saturated rings. The molecule has 0 aliphatic carbocycles. The monoisotopic (exact) mass is 679 g/mol. The molecule has 0 radical (unpaired) electrons. The van der Waals surface area contributed by atoms with Gasteiger partial charge in [0.15, 0.2) is 0 Å². The Morgan fingerprint density at radius 2 is 1.79 bits per heavy atom. The number of aliphatic hydroxyl groups is 1. The minimum Gasteiger partial charge on any atom is -0.494 e. The van der Waals surface area contributed by atoms with Crippen molar-refractivity contribution in [3.05, 3.63) is 78.4 Å². The number of rotatable bonds is 13. The van der Waals surface area contributed by atoms with Crippen LogP contribution in [0.5, 0.6) is 5.75 Å². The molecule has 0 aromatic heterocycles. The van der Waals surface area contributed by atoms with E-state index in [4.69, 9.17) is 16.3 Å². The molecule has 3 unspecified atom stereocenters. The summed E-state index contributed by atoms with van der Waals surface area (Å²) in [7, 11) is 0. The molecule has 3 aliphatic rings. The molecule has 3 heterocycles. The van der Waals surface area contributed by atoms with Crippen LogP contribution in [0.25, 0.3) is 0 Å². The number of benzene rings is 2. The largest absolute Gasteiger partial charge is 0.494 e. The standard InChI is InChI=1S/C37H46ClN3O5S/c1-8-18-39(25-14-16-26(17-15-25)46-10-3)34(43)30-29-20-24(7)37(47-29)31(30)35(44)41(28(21-42)22(4)5)33(37)36(45)40(19-9-2)32-23(6)12-11-13-27(32)38/h8-9,11-17,22,24,28-31,33,42H,1-2,10,18-21H2,3-7H3/t24?,28-,29+,30-,31-,33?,37?/m0/s1. The van der Waals surface area contributed by atoms with Crippen LogP contribution < -0.4 is 14.5 Å². The van der Waals surface area contributed by atoms with Crippen LogP contribution in [-0.4, -0.2) is 76.1 Å². The summed E-state index contributed by atoms with van der Waals surface area (Å²) in [4.78, 5) is 49.7. The van der Waals surface area contributed by atoms with Gasteiger partial charge in [-0.1, -0.05) is 56.7 Å².